The normalized spacial score (nSPS) is 16.4. The molecule has 1 saturated heterocycles. The van der Waals surface area contributed by atoms with Crippen molar-refractivity contribution in [3.8, 4) is 11.5 Å². The zero-order valence-corrected chi connectivity index (χ0v) is 11.8. The molecule has 20 heavy (non-hydrogen) atoms. The molecule has 0 spiro atoms. The molecule has 108 valence electrons. The first-order valence-electron chi connectivity index (χ1n) is 7.08. The van der Waals surface area contributed by atoms with Crippen LogP contribution in [0.5, 0.6) is 11.5 Å². The Kier molecular flexibility index (Phi) is 4.08. The molecule has 0 bridgehead atoms. The molecule has 0 aliphatic carbocycles. The van der Waals surface area contributed by atoms with Gasteiger partial charge in [0, 0.05) is 55.9 Å². The summed E-state index contributed by atoms with van der Waals surface area (Å²) in [6.07, 6.45) is 1.93. The number of hydrogen-bond donors (Lipinski definition) is 2. The van der Waals surface area contributed by atoms with Crippen molar-refractivity contribution in [2.24, 2.45) is 0 Å². The Bertz CT molecular complexity index is 561. The van der Waals surface area contributed by atoms with Gasteiger partial charge in [-0.1, -0.05) is 0 Å². The van der Waals surface area contributed by atoms with Crippen molar-refractivity contribution in [1.29, 1.82) is 0 Å². The van der Waals surface area contributed by atoms with E-state index in [9.17, 15) is 0 Å². The molecule has 0 unspecified atom stereocenters. The number of fused-ring (bicyclic) bond motifs is 1. The average Bonchev–Trinajstić information content (AvgIpc) is 2.94. The molecule has 1 aromatic heterocycles. The van der Waals surface area contributed by atoms with E-state index in [1.165, 1.54) is 0 Å². The Labute approximate surface area is 118 Å². The Balaban J connectivity index is 1.63. The molecule has 0 amide bonds. The minimum Gasteiger partial charge on any atom is -0.493 e. The maximum Gasteiger partial charge on any atom is 0.163 e. The van der Waals surface area contributed by atoms with E-state index in [1.807, 2.05) is 24.4 Å². The molecular weight excluding hydrogens is 254 g/mol. The number of H-pyrrole nitrogens is 1. The highest BCUT2D eigenvalue weighted by Gasteiger charge is 2.11. The van der Waals surface area contributed by atoms with Gasteiger partial charge in [0.05, 0.1) is 7.11 Å². The fourth-order valence-corrected chi connectivity index (χ4v) is 2.55. The second kappa shape index (κ2) is 6.15. The van der Waals surface area contributed by atoms with Crippen LogP contribution < -0.4 is 14.8 Å². The average molecular weight is 275 g/mol. The van der Waals surface area contributed by atoms with Gasteiger partial charge in [0.15, 0.2) is 11.5 Å². The second-order valence-electron chi connectivity index (χ2n) is 5.01. The van der Waals surface area contributed by atoms with E-state index in [0.29, 0.717) is 6.61 Å². The van der Waals surface area contributed by atoms with Crippen molar-refractivity contribution in [2.45, 2.75) is 0 Å². The zero-order chi connectivity index (χ0) is 13.8. The number of rotatable bonds is 5. The summed E-state index contributed by atoms with van der Waals surface area (Å²) in [4.78, 5) is 5.61. The summed E-state index contributed by atoms with van der Waals surface area (Å²) in [6, 6.07) is 6.04. The first-order chi connectivity index (χ1) is 9.86. The molecule has 0 atom stereocenters. The lowest BCUT2D eigenvalue weighted by Crippen LogP contribution is -2.44. The lowest BCUT2D eigenvalue weighted by atomic mass is 10.2. The zero-order valence-electron chi connectivity index (χ0n) is 11.8. The fourth-order valence-electron chi connectivity index (χ4n) is 2.55. The number of nitrogens with one attached hydrogen (secondary N) is 2. The number of benzene rings is 1. The van der Waals surface area contributed by atoms with Gasteiger partial charge < -0.3 is 19.8 Å². The van der Waals surface area contributed by atoms with Gasteiger partial charge in [0.25, 0.3) is 0 Å². The highest BCUT2D eigenvalue weighted by molar-refractivity contribution is 5.83. The summed E-state index contributed by atoms with van der Waals surface area (Å²) in [5, 5.41) is 4.49. The summed E-state index contributed by atoms with van der Waals surface area (Å²) in [7, 11) is 1.68. The quantitative estimate of drug-likeness (QED) is 0.867. The molecule has 3 rings (SSSR count). The third-order valence-corrected chi connectivity index (χ3v) is 3.71. The van der Waals surface area contributed by atoms with E-state index >= 15 is 0 Å². The van der Waals surface area contributed by atoms with Crippen LogP contribution in [0.2, 0.25) is 0 Å². The minimum atomic E-state index is 0.683. The number of ether oxygens (including phenoxy) is 2. The van der Waals surface area contributed by atoms with Crippen LogP contribution in [-0.2, 0) is 0 Å². The van der Waals surface area contributed by atoms with Crippen LogP contribution >= 0.6 is 0 Å². The summed E-state index contributed by atoms with van der Waals surface area (Å²) in [5.41, 5.74) is 1.07. The van der Waals surface area contributed by atoms with Gasteiger partial charge in [-0.15, -0.1) is 0 Å². The molecular formula is C15H21N3O2. The largest absolute Gasteiger partial charge is 0.493 e. The molecule has 1 fully saturated rings. The van der Waals surface area contributed by atoms with Crippen molar-refractivity contribution in [3.63, 3.8) is 0 Å². The maximum atomic E-state index is 5.90. The van der Waals surface area contributed by atoms with E-state index in [4.69, 9.17) is 9.47 Å². The van der Waals surface area contributed by atoms with Crippen LogP contribution in [0.1, 0.15) is 0 Å². The lowest BCUT2D eigenvalue weighted by molar-refractivity contribution is 0.188. The van der Waals surface area contributed by atoms with Gasteiger partial charge >= 0.3 is 0 Å². The molecule has 2 heterocycles. The molecule has 2 aromatic rings. The van der Waals surface area contributed by atoms with Gasteiger partial charge in [0.2, 0.25) is 0 Å². The number of nitrogens with zero attached hydrogens (tertiary/aromatic N) is 1. The van der Waals surface area contributed by atoms with Crippen LogP contribution in [0.4, 0.5) is 0 Å². The predicted molar refractivity (Wildman–Crippen MR) is 79.7 cm³/mol. The van der Waals surface area contributed by atoms with E-state index in [2.05, 4.69) is 15.2 Å². The van der Waals surface area contributed by atoms with Crippen molar-refractivity contribution in [2.75, 3.05) is 46.4 Å². The standard InChI is InChI=1S/C15H21N3O2/c1-19-14-10-12-2-3-17-13(12)11-15(14)20-9-8-18-6-4-16-5-7-18/h2-3,10-11,16-17H,4-9H2,1H3. The van der Waals surface area contributed by atoms with Crippen LogP contribution in [0.3, 0.4) is 0 Å². The molecule has 2 N–H and O–H groups in total. The molecule has 0 saturated carbocycles. The molecule has 1 aliphatic heterocycles. The molecule has 1 aromatic carbocycles. The van der Waals surface area contributed by atoms with Crippen LogP contribution in [0.15, 0.2) is 24.4 Å². The van der Waals surface area contributed by atoms with Crippen LogP contribution in [0.25, 0.3) is 10.9 Å². The van der Waals surface area contributed by atoms with Crippen molar-refractivity contribution in [3.05, 3.63) is 24.4 Å². The first kappa shape index (κ1) is 13.3. The topological polar surface area (TPSA) is 49.5 Å². The van der Waals surface area contributed by atoms with Gasteiger partial charge in [-0.3, -0.25) is 4.90 Å². The number of piperazine rings is 1. The monoisotopic (exact) mass is 275 g/mol. The summed E-state index contributed by atoms with van der Waals surface area (Å²) < 4.78 is 11.3. The van der Waals surface area contributed by atoms with Crippen LogP contribution in [0, 0.1) is 0 Å². The number of aromatic nitrogens is 1. The first-order valence-corrected chi connectivity index (χ1v) is 7.08. The van der Waals surface area contributed by atoms with Crippen molar-refractivity contribution >= 4 is 10.9 Å². The Hall–Kier alpha value is -1.72. The number of aromatic amines is 1. The lowest BCUT2D eigenvalue weighted by Gasteiger charge is -2.27. The Morgan fingerprint density at radius 3 is 2.85 bits per heavy atom. The summed E-state index contributed by atoms with van der Waals surface area (Å²) in [6.45, 7) is 5.96. The molecule has 1 aliphatic rings. The van der Waals surface area contributed by atoms with E-state index in [1.54, 1.807) is 7.11 Å². The second-order valence-corrected chi connectivity index (χ2v) is 5.01. The van der Waals surface area contributed by atoms with Crippen molar-refractivity contribution in [1.82, 2.24) is 15.2 Å². The van der Waals surface area contributed by atoms with E-state index in [0.717, 1.165) is 55.1 Å². The Morgan fingerprint density at radius 1 is 1.20 bits per heavy atom. The predicted octanol–water partition coefficient (Wildman–Crippen LogP) is 1.46. The van der Waals surface area contributed by atoms with Gasteiger partial charge in [-0.25, -0.2) is 0 Å². The third kappa shape index (κ3) is 2.89. The number of methoxy groups -OCH3 is 1. The van der Waals surface area contributed by atoms with Crippen LogP contribution in [-0.4, -0.2) is 56.3 Å². The molecule has 0 radical (unpaired) electrons. The smallest absolute Gasteiger partial charge is 0.163 e. The minimum absolute atomic E-state index is 0.683. The third-order valence-electron chi connectivity index (χ3n) is 3.71. The van der Waals surface area contributed by atoms with Gasteiger partial charge in [0.1, 0.15) is 6.61 Å². The molecule has 5 nitrogen and oxygen atoms in total. The van der Waals surface area contributed by atoms with Gasteiger partial charge in [-0.05, 0) is 12.1 Å². The van der Waals surface area contributed by atoms with E-state index < -0.39 is 0 Å². The molecule has 5 heteroatoms. The highest BCUT2D eigenvalue weighted by Crippen LogP contribution is 2.31. The summed E-state index contributed by atoms with van der Waals surface area (Å²) >= 11 is 0. The maximum absolute atomic E-state index is 5.90. The SMILES string of the molecule is COc1cc2cc[nH]c2cc1OCCN1CCNCC1. The summed E-state index contributed by atoms with van der Waals surface area (Å²) in [5.74, 6) is 1.59. The fraction of sp³-hybridized carbons (Fsp3) is 0.467. The Morgan fingerprint density at radius 2 is 2.05 bits per heavy atom. The van der Waals surface area contributed by atoms with E-state index in [-0.39, 0.29) is 0 Å². The highest BCUT2D eigenvalue weighted by atomic mass is 16.5. The van der Waals surface area contributed by atoms with Gasteiger partial charge in [-0.2, -0.15) is 0 Å². The van der Waals surface area contributed by atoms with Crippen molar-refractivity contribution < 1.29 is 9.47 Å². The number of hydrogen-bond acceptors (Lipinski definition) is 4.